The molecule has 0 bridgehead atoms. The molecule has 1 unspecified atom stereocenters. The van der Waals surface area contributed by atoms with Crippen LogP contribution in [0.3, 0.4) is 0 Å². The quantitative estimate of drug-likeness (QED) is 0.667. The molecular weight excluding hydrogens is 368 g/mol. The fourth-order valence-corrected chi connectivity index (χ4v) is 4.31. The zero-order valence-electron chi connectivity index (χ0n) is 14.4. The SMILES string of the molecule is O=C(c1cccc(F)c1)N1CCCC(c2nnc(-c3ccccc3F)s2)C1. The first-order chi connectivity index (χ1) is 13.1. The van der Waals surface area contributed by atoms with Crippen LogP contribution in [0.25, 0.3) is 10.6 Å². The predicted octanol–water partition coefficient (Wildman–Crippen LogP) is 4.50. The van der Waals surface area contributed by atoms with Gasteiger partial charge in [-0.2, -0.15) is 0 Å². The molecule has 138 valence electrons. The highest BCUT2D eigenvalue weighted by atomic mass is 32.1. The van der Waals surface area contributed by atoms with Crippen molar-refractivity contribution in [3.63, 3.8) is 0 Å². The first kappa shape index (κ1) is 17.7. The molecule has 1 saturated heterocycles. The van der Waals surface area contributed by atoms with Gasteiger partial charge in [0.15, 0.2) is 5.01 Å². The lowest BCUT2D eigenvalue weighted by molar-refractivity contribution is 0.0706. The topological polar surface area (TPSA) is 46.1 Å². The average molecular weight is 385 g/mol. The van der Waals surface area contributed by atoms with Gasteiger partial charge >= 0.3 is 0 Å². The molecule has 0 saturated carbocycles. The first-order valence-electron chi connectivity index (χ1n) is 8.75. The number of benzene rings is 2. The molecule has 3 aromatic rings. The minimum Gasteiger partial charge on any atom is -0.338 e. The van der Waals surface area contributed by atoms with Crippen LogP contribution in [0, 0.1) is 11.6 Å². The number of hydrogen-bond donors (Lipinski definition) is 0. The van der Waals surface area contributed by atoms with Crippen LogP contribution in [0.5, 0.6) is 0 Å². The van der Waals surface area contributed by atoms with Gasteiger partial charge in [0.05, 0.1) is 0 Å². The molecule has 0 aliphatic carbocycles. The Morgan fingerprint density at radius 3 is 2.78 bits per heavy atom. The van der Waals surface area contributed by atoms with Gasteiger partial charge in [-0.3, -0.25) is 4.79 Å². The summed E-state index contributed by atoms with van der Waals surface area (Å²) >= 11 is 1.36. The molecular formula is C20H17F2N3OS. The Hall–Kier alpha value is -2.67. The van der Waals surface area contributed by atoms with Crippen molar-refractivity contribution >= 4 is 17.2 Å². The number of amides is 1. The second kappa shape index (κ2) is 7.52. The van der Waals surface area contributed by atoms with Gasteiger partial charge in [0.25, 0.3) is 5.91 Å². The van der Waals surface area contributed by atoms with E-state index in [-0.39, 0.29) is 17.6 Å². The summed E-state index contributed by atoms with van der Waals surface area (Å²) in [6.45, 7) is 1.13. The molecule has 1 aliphatic heterocycles. The van der Waals surface area contributed by atoms with Crippen LogP contribution in [0.15, 0.2) is 48.5 Å². The van der Waals surface area contributed by atoms with Crippen LogP contribution >= 0.6 is 11.3 Å². The second-order valence-corrected chi connectivity index (χ2v) is 7.54. The highest BCUT2D eigenvalue weighted by Crippen LogP contribution is 2.33. The van der Waals surface area contributed by atoms with Crippen molar-refractivity contribution in [2.75, 3.05) is 13.1 Å². The van der Waals surface area contributed by atoms with E-state index in [4.69, 9.17) is 0 Å². The number of carbonyl (C=O) groups is 1. The van der Waals surface area contributed by atoms with Crippen molar-refractivity contribution in [2.45, 2.75) is 18.8 Å². The Morgan fingerprint density at radius 1 is 1.11 bits per heavy atom. The maximum absolute atomic E-state index is 14.0. The van der Waals surface area contributed by atoms with Crippen molar-refractivity contribution in [1.82, 2.24) is 15.1 Å². The summed E-state index contributed by atoms with van der Waals surface area (Å²) in [5, 5.41) is 9.71. The summed E-state index contributed by atoms with van der Waals surface area (Å²) in [6, 6.07) is 12.2. The number of nitrogens with zero attached hydrogens (tertiary/aromatic N) is 3. The van der Waals surface area contributed by atoms with Gasteiger partial charge < -0.3 is 4.90 Å². The number of piperidine rings is 1. The summed E-state index contributed by atoms with van der Waals surface area (Å²) in [6.07, 6.45) is 1.72. The minimum atomic E-state index is -0.423. The molecule has 1 atom stereocenters. The van der Waals surface area contributed by atoms with Gasteiger partial charge in [-0.15, -0.1) is 10.2 Å². The molecule has 2 aromatic carbocycles. The van der Waals surface area contributed by atoms with E-state index in [0.717, 1.165) is 17.8 Å². The van der Waals surface area contributed by atoms with E-state index < -0.39 is 5.82 Å². The molecule has 0 N–H and O–H groups in total. The lowest BCUT2D eigenvalue weighted by Crippen LogP contribution is -2.39. The molecule has 2 heterocycles. The van der Waals surface area contributed by atoms with E-state index in [1.54, 1.807) is 29.2 Å². The molecule has 1 fully saturated rings. The Balaban J connectivity index is 1.52. The second-order valence-electron chi connectivity index (χ2n) is 6.53. The molecule has 1 aromatic heterocycles. The van der Waals surface area contributed by atoms with Crippen LogP contribution in [0.2, 0.25) is 0 Å². The van der Waals surface area contributed by atoms with Gasteiger partial charge in [0.1, 0.15) is 16.6 Å². The van der Waals surface area contributed by atoms with Crippen molar-refractivity contribution in [2.24, 2.45) is 0 Å². The van der Waals surface area contributed by atoms with Crippen molar-refractivity contribution in [3.8, 4) is 10.6 Å². The van der Waals surface area contributed by atoms with E-state index in [2.05, 4.69) is 10.2 Å². The number of hydrogen-bond acceptors (Lipinski definition) is 4. The fourth-order valence-electron chi connectivity index (χ4n) is 3.31. The number of rotatable bonds is 3. The molecule has 1 amide bonds. The summed E-state index contributed by atoms with van der Waals surface area (Å²) < 4.78 is 27.4. The molecule has 27 heavy (non-hydrogen) atoms. The summed E-state index contributed by atoms with van der Waals surface area (Å²) in [5.74, 6) is -0.882. The molecule has 4 nitrogen and oxygen atoms in total. The number of halogens is 2. The van der Waals surface area contributed by atoms with Crippen LogP contribution < -0.4 is 0 Å². The van der Waals surface area contributed by atoms with Gasteiger partial charge in [-0.1, -0.05) is 29.5 Å². The highest BCUT2D eigenvalue weighted by Gasteiger charge is 2.28. The summed E-state index contributed by atoms with van der Waals surface area (Å²) in [5.41, 5.74) is 0.782. The molecule has 0 spiro atoms. The van der Waals surface area contributed by atoms with Gasteiger partial charge in [-0.05, 0) is 43.2 Å². The van der Waals surface area contributed by atoms with E-state index in [1.165, 1.54) is 35.6 Å². The van der Waals surface area contributed by atoms with Gasteiger partial charge in [0, 0.05) is 30.1 Å². The highest BCUT2D eigenvalue weighted by molar-refractivity contribution is 7.14. The summed E-state index contributed by atoms with van der Waals surface area (Å²) in [7, 11) is 0. The van der Waals surface area contributed by atoms with Crippen LogP contribution in [-0.2, 0) is 0 Å². The molecule has 7 heteroatoms. The van der Waals surface area contributed by atoms with Crippen LogP contribution in [0.1, 0.15) is 34.1 Å². The Labute approximate surface area is 159 Å². The summed E-state index contributed by atoms with van der Waals surface area (Å²) in [4.78, 5) is 14.4. The predicted molar refractivity (Wildman–Crippen MR) is 99.6 cm³/mol. The third kappa shape index (κ3) is 3.73. The zero-order chi connectivity index (χ0) is 18.8. The normalized spacial score (nSPS) is 17.1. The maximum Gasteiger partial charge on any atom is 0.253 e. The zero-order valence-corrected chi connectivity index (χ0v) is 15.3. The van der Waals surface area contributed by atoms with Crippen LogP contribution in [0.4, 0.5) is 8.78 Å². The third-order valence-corrected chi connectivity index (χ3v) is 5.79. The average Bonchev–Trinajstić information content (AvgIpc) is 3.18. The minimum absolute atomic E-state index is 0.0503. The van der Waals surface area contributed by atoms with E-state index >= 15 is 0 Å². The van der Waals surface area contributed by atoms with Crippen molar-refractivity contribution < 1.29 is 13.6 Å². The van der Waals surface area contributed by atoms with E-state index in [0.29, 0.717) is 29.2 Å². The number of aromatic nitrogens is 2. The standard InChI is InChI=1S/C20H17F2N3OS/c21-15-7-3-5-13(11-15)20(26)25-10-4-6-14(12-25)18-23-24-19(27-18)16-8-1-2-9-17(16)22/h1-3,5,7-9,11,14H,4,6,10,12H2. The first-order valence-corrected chi connectivity index (χ1v) is 9.56. The Bertz CT molecular complexity index is 975. The molecule has 1 aliphatic rings. The Morgan fingerprint density at radius 2 is 1.96 bits per heavy atom. The van der Waals surface area contributed by atoms with Crippen molar-refractivity contribution in [1.29, 1.82) is 0 Å². The monoisotopic (exact) mass is 385 g/mol. The van der Waals surface area contributed by atoms with E-state index in [9.17, 15) is 13.6 Å². The Kier molecular flexibility index (Phi) is 4.94. The fraction of sp³-hybridized carbons (Fsp3) is 0.250. The third-order valence-electron chi connectivity index (χ3n) is 4.67. The van der Waals surface area contributed by atoms with E-state index in [1.807, 2.05) is 0 Å². The maximum atomic E-state index is 14.0. The molecule has 4 rings (SSSR count). The van der Waals surface area contributed by atoms with Gasteiger partial charge in [0.2, 0.25) is 0 Å². The van der Waals surface area contributed by atoms with Crippen LogP contribution in [-0.4, -0.2) is 34.1 Å². The van der Waals surface area contributed by atoms with Crippen molar-refractivity contribution in [3.05, 3.63) is 70.7 Å². The number of likely N-dealkylation sites (tertiary alicyclic amines) is 1. The smallest absolute Gasteiger partial charge is 0.253 e. The molecule has 0 radical (unpaired) electrons. The number of carbonyl (C=O) groups excluding carboxylic acids is 1. The lowest BCUT2D eigenvalue weighted by Gasteiger charge is -2.31. The van der Waals surface area contributed by atoms with Gasteiger partial charge in [-0.25, -0.2) is 8.78 Å². The largest absolute Gasteiger partial charge is 0.338 e. The lowest BCUT2D eigenvalue weighted by atomic mass is 9.98.